The zero-order valence-corrected chi connectivity index (χ0v) is 8.29. The first kappa shape index (κ1) is 9.19. The molecule has 14 heavy (non-hydrogen) atoms. The second-order valence-corrected chi connectivity index (χ2v) is 3.62. The van der Waals surface area contributed by atoms with Crippen LogP contribution in [-0.4, -0.2) is 16.9 Å². The Morgan fingerprint density at radius 2 is 2.43 bits per heavy atom. The maximum atomic E-state index is 11.6. The minimum atomic E-state index is -0.0391. The second-order valence-electron chi connectivity index (χ2n) is 3.62. The molecule has 1 aliphatic carbocycles. The van der Waals surface area contributed by atoms with Gasteiger partial charge in [0.1, 0.15) is 5.69 Å². The van der Waals surface area contributed by atoms with Crippen LogP contribution in [-0.2, 0) is 6.42 Å². The number of aromatic nitrogens is 1. The van der Waals surface area contributed by atoms with Crippen LogP contribution in [0, 0.1) is 0 Å². The summed E-state index contributed by atoms with van der Waals surface area (Å²) in [7, 11) is 0. The largest absolute Gasteiger partial charge is 0.348 e. The molecule has 0 atom stereocenters. The monoisotopic (exact) mass is 192 g/mol. The van der Waals surface area contributed by atoms with Crippen LogP contribution in [0.2, 0.25) is 0 Å². The molecule has 1 N–H and O–H groups in total. The lowest BCUT2D eigenvalue weighted by Gasteiger charge is -2.03. The third kappa shape index (κ3) is 2.10. The number of aryl methyl sites for hydroxylation is 1. The van der Waals surface area contributed by atoms with Gasteiger partial charge in [-0.25, -0.2) is 4.98 Å². The van der Waals surface area contributed by atoms with Gasteiger partial charge in [0.15, 0.2) is 0 Å². The standard InChI is InChI=1S/C11H14N2O.H2/c1-2-8-4-3-5-10(12-8)11(14)13-9-6-7-9;/h3-5,9H,2,6-7H2,1H3,(H,13,14);1H. The van der Waals surface area contributed by atoms with E-state index < -0.39 is 0 Å². The Kier molecular flexibility index (Phi) is 2.48. The highest BCUT2D eigenvalue weighted by atomic mass is 16.2. The van der Waals surface area contributed by atoms with Gasteiger partial charge in [-0.15, -0.1) is 0 Å². The van der Waals surface area contributed by atoms with Crippen molar-refractivity contribution in [2.75, 3.05) is 0 Å². The molecule has 0 bridgehead atoms. The molecule has 1 aromatic heterocycles. The maximum Gasteiger partial charge on any atom is 0.270 e. The minimum absolute atomic E-state index is 0. The van der Waals surface area contributed by atoms with Gasteiger partial charge in [-0.2, -0.15) is 0 Å². The van der Waals surface area contributed by atoms with Gasteiger partial charge < -0.3 is 5.32 Å². The van der Waals surface area contributed by atoms with Crippen molar-refractivity contribution in [2.45, 2.75) is 32.2 Å². The molecule has 0 unspecified atom stereocenters. The molecule has 1 saturated carbocycles. The van der Waals surface area contributed by atoms with Gasteiger partial charge in [0, 0.05) is 13.2 Å². The molecule has 76 valence electrons. The minimum Gasteiger partial charge on any atom is -0.348 e. The summed E-state index contributed by atoms with van der Waals surface area (Å²) < 4.78 is 0. The quantitative estimate of drug-likeness (QED) is 0.793. The van der Waals surface area contributed by atoms with Crippen LogP contribution in [0.25, 0.3) is 0 Å². The fourth-order valence-corrected chi connectivity index (χ4v) is 1.29. The smallest absolute Gasteiger partial charge is 0.270 e. The first-order chi connectivity index (χ1) is 6.79. The van der Waals surface area contributed by atoms with E-state index in [0.717, 1.165) is 25.0 Å². The first-order valence-electron chi connectivity index (χ1n) is 5.06. The summed E-state index contributed by atoms with van der Waals surface area (Å²) in [6.45, 7) is 2.03. The van der Waals surface area contributed by atoms with E-state index in [2.05, 4.69) is 10.3 Å². The number of amides is 1. The number of carbonyl (C=O) groups is 1. The molecular weight excluding hydrogens is 176 g/mol. The van der Waals surface area contributed by atoms with Crippen molar-refractivity contribution in [1.29, 1.82) is 0 Å². The Balaban J connectivity index is 0.00000112. The topological polar surface area (TPSA) is 42.0 Å². The van der Waals surface area contributed by atoms with Crippen molar-refractivity contribution in [2.24, 2.45) is 0 Å². The SMILES string of the molecule is CCc1cccc(C(=O)NC2CC2)n1.[HH]. The molecule has 1 amide bonds. The first-order valence-corrected chi connectivity index (χ1v) is 5.06. The van der Waals surface area contributed by atoms with Crippen molar-refractivity contribution < 1.29 is 6.22 Å². The Labute approximate surface area is 85.0 Å². The molecule has 0 aromatic carbocycles. The highest BCUT2D eigenvalue weighted by Gasteiger charge is 2.24. The molecule has 2 rings (SSSR count). The average Bonchev–Trinajstić information content (AvgIpc) is 3.02. The molecule has 1 fully saturated rings. The number of nitrogens with zero attached hydrogens (tertiary/aromatic N) is 1. The third-order valence-electron chi connectivity index (χ3n) is 2.31. The summed E-state index contributed by atoms with van der Waals surface area (Å²) in [5, 5.41) is 2.92. The van der Waals surface area contributed by atoms with Gasteiger partial charge in [0.05, 0.1) is 0 Å². The van der Waals surface area contributed by atoms with Crippen LogP contribution in [0.15, 0.2) is 18.2 Å². The van der Waals surface area contributed by atoms with Crippen molar-refractivity contribution in [3.05, 3.63) is 29.6 Å². The summed E-state index contributed by atoms with van der Waals surface area (Å²) in [5.41, 5.74) is 1.50. The number of rotatable bonds is 3. The van der Waals surface area contributed by atoms with Crippen LogP contribution in [0.4, 0.5) is 0 Å². The molecule has 0 saturated heterocycles. The van der Waals surface area contributed by atoms with Crippen molar-refractivity contribution in [1.82, 2.24) is 10.3 Å². The van der Waals surface area contributed by atoms with Gasteiger partial charge >= 0.3 is 0 Å². The Hall–Kier alpha value is -1.38. The molecule has 0 radical (unpaired) electrons. The number of hydrogen-bond acceptors (Lipinski definition) is 2. The van der Waals surface area contributed by atoms with Crippen LogP contribution in [0.3, 0.4) is 0 Å². The van der Waals surface area contributed by atoms with E-state index in [1.165, 1.54) is 0 Å². The Bertz CT molecular complexity index is 350. The molecule has 1 heterocycles. The Morgan fingerprint density at radius 1 is 1.64 bits per heavy atom. The van der Waals surface area contributed by atoms with Crippen LogP contribution in [0.1, 0.15) is 37.4 Å². The number of hydrogen-bond donors (Lipinski definition) is 1. The summed E-state index contributed by atoms with van der Waals surface area (Å²) in [6.07, 6.45) is 3.09. The molecule has 3 nitrogen and oxygen atoms in total. The molecule has 0 aliphatic heterocycles. The lowest BCUT2D eigenvalue weighted by Crippen LogP contribution is -2.26. The predicted octanol–water partition coefficient (Wildman–Crippen LogP) is 1.78. The van der Waals surface area contributed by atoms with Crippen LogP contribution < -0.4 is 5.32 Å². The van der Waals surface area contributed by atoms with E-state index in [4.69, 9.17) is 0 Å². The molecular formula is C11H16N2O. The highest BCUT2D eigenvalue weighted by molar-refractivity contribution is 5.92. The van der Waals surface area contributed by atoms with Crippen LogP contribution >= 0.6 is 0 Å². The van der Waals surface area contributed by atoms with Crippen molar-refractivity contribution >= 4 is 5.91 Å². The predicted molar refractivity (Wildman–Crippen MR) is 56.2 cm³/mol. The molecule has 3 heteroatoms. The van der Waals surface area contributed by atoms with Gasteiger partial charge in [0.2, 0.25) is 0 Å². The van der Waals surface area contributed by atoms with E-state index in [1.807, 2.05) is 19.1 Å². The zero-order valence-electron chi connectivity index (χ0n) is 8.29. The number of carbonyl (C=O) groups excluding carboxylic acids is 1. The Morgan fingerprint density at radius 3 is 3.07 bits per heavy atom. The molecule has 0 spiro atoms. The number of nitrogens with one attached hydrogen (secondary N) is 1. The van der Waals surface area contributed by atoms with Crippen molar-refractivity contribution in [3.8, 4) is 0 Å². The summed E-state index contributed by atoms with van der Waals surface area (Å²) >= 11 is 0. The normalized spacial score (nSPS) is 15.2. The zero-order chi connectivity index (χ0) is 9.97. The third-order valence-corrected chi connectivity index (χ3v) is 2.31. The highest BCUT2D eigenvalue weighted by Crippen LogP contribution is 2.19. The second kappa shape index (κ2) is 3.78. The maximum absolute atomic E-state index is 11.6. The van der Waals surface area contributed by atoms with E-state index >= 15 is 0 Å². The van der Waals surface area contributed by atoms with Crippen molar-refractivity contribution in [3.63, 3.8) is 0 Å². The average molecular weight is 192 g/mol. The fraction of sp³-hybridized carbons (Fsp3) is 0.455. The molecule has 1 aromatic rings. The summed E-state index contributed by atoms with van der Waals surface area (Å²) in [6, 6.07) is 5.98. The van der Waals surface area contributed by atoms with Gasteiger partial charge in [-0.05, 0) is 31.4 Å². The summed E-state index contributed by atoms with van der Waals surface area (Å²) in [4.78, 5) is 15.8. The van der Waals surface area contributed by atoms with E-state index in [1.54, 1.807) is 6.07 Å². The van der Waals surface area contributed by atoms with Gasteiger partial charge in [-0.1, -0.05) is 13.0 Å². The molecule has 1 aliphatic rings. The lowest BCUT2D eigenvalue weighted by molar-refractivity contribution is 0.0946. The fourth-order valence-electron chi connectivity index (χ4n) is 1.29. The van der Waals surface area contributed by atoms with E-state index in [-0.39, 0.29) is 7.33 Å². The van der Waals surface area contributed by atoms with Crippen LogP contribution in [0.5, 0.6) is 0 Å². The van der Waals surface area contributed by atoms with E-state index in [0.29, 0.717) is 11.7 Å². The van der Waals surface area contributed by atoms with Gasteiger partial charge in [0.25, 0.3) is 5.91 Å². The number of pyridine rings is 1. The summed E-state index contributed by atoms with van der Waals surface area (Å²) in [5.74, 6) is -0.0391. The van der Waals surface area contributed by atoms with Gasteiger partial charge in [-0.3, -0.25) is 4.79 Å². The lowest BCUT2D eigenvalue weighted by atomic mass is 10.2. The van der Waals surface area contributed by atoms with E-state index in [9.17, 15) is 4.79 Å².